The zero-order chi connectivity index (χ0) is 20.9. The van der Waals surface area contributed by atoms with Crippen LogP contribution in [0.2, 0.25) is 0 Å². The van der Waals surface area contributed by atoms with Crippen LogP contribution in [0.3, 0.4) is 0 Å². The largest absolute Gasteiger partial charge is 0.493 e. The van der Waals surface area contributed by atoms with E-state index in [9.17, 15) is 14.4 Å². The summed E-state index contributed by atoms with van der Waals surface area (Å²) in [6.07, 6.45) is 0.652. The van der Waals surface area contributed by atoms with E-state index in [4.69, 9.17) is 9.47 Å². The van der Waals surface area contributed by atoms with Gasteiger partial charge in [0.1, 0.15) is 23.8 Å². The monoisotopic (exact) mass is 380 g/mol. The number of ether oxygens (including phenoxy) is 2. The predicted octanol–water partition coefficient (Wildman–Crippen LogP) is 4.48. The van der Waals surface area contributed by atoms with Crippen LogP contribution < -0.4 is 0 Å². The molecule has 0 aromatic carbocycles. The molecule has 1 rings (SSSR count). The van der Waals surface area contributed by atoms with Crippen molar-refractivity contribution in [3.8, 4) is 0 Å². The van der Waals surface area contributed by atoms with Crippen molar-refractivity contribution in [2.24, 2.45) is 23.7 Å². The molecule has 1 heterocycles. The molecule has 154 valence electrons. The van der Waals surface area contributed by atoms with Crippen molar-refractivity contribution < 1.29 is 23.9 Å². The van der Waals surface area contributed by atoms with Gasteiger partial charge in [0.15, 0.2) is 5.78 Å². The standard InChI is InChI=1S/C22H36O5/c1-9-12(4)22(25)27-20(13(5)17(23)10-2)16(8)21-15(7)19(24)14(6)18(11-3)26-21/h12-13,15-16,20-21H,9-11H2,1-8H3/t12-,13+,15+,16+,20-,21+/m0/s1. The van der Waals surface area contributed by atoms with Crippen LogP contribution in [0.15, 0.2) is 11.3 Å². The average Bonchev–Trinajstić information content (AvgIpc) is 2.67. The highest BCUT2D eigenvalue weighted by atomic mass is 16.5. The highest BCUT2D eigenvalue weighted by Crippen LogP contribution is 2.35. The Balaban J connectivity index is 3.18. The lowest BCUT2D eigenvalue weighted by molar-refractivity contribution is -0.166. The normalized spacial score (nSPS) is 24.7. The Bertz CT molecular complexity index is 592. The molecule has 6 atom stereocenters. The van der Waals surface area contributed by atoms with E-state index in [-0.39, 0.29) is 35.3 Å². The van der Waals surface area contributed by atoms with Gasteiger partial charge in [-0.05, 0) is 13.3 Å². The third-order valence-corrected chi connectivity index (χ3v) is 5.95. The highest BCUT2D eigenvalue weighted by molar-refractivity contribution is 5.98. The Labute approximate surface area is 163 Å². The second-order valence-electron chi connectivity index (χ2n) is 7.82. The van der Waals surface area contributed by atoms with E-state index in [1.54, 1.807) is 13.8 Å². The zero-order valence-electron chi connectivity index (χ0n) is 18.1. The van der Waals surface area contributed by atoms with Gasteiger partial charge in [-0.1, -0.05) is 48.5 Å². The van der Waals surface area contributed by atoms with Crippen molar-refractivity contribution in [2.45, 2.75) is 86.9 Å². The van der Waals surface area contributed by atoms with Gasteiger partial charge in [-0.2, -0.15) is 0 Å². The second kappa shape index (κ2) is 10.0. The third kappa shape index (κ3) is 5.20. The number of carbonyl (C=O) groups excluding carboxylic acids is 3. The molecule has 1 aliphatic heterocycles. The first kappa shape index (κ1) is 23.4. The molecule has 0 aliphatic carbocycles. The number of carbonyl (C=O) groups is 3. The van der Waals surface area contributed by atoms with Crippen molar-refractivity contribution in [1.82, 2.24) is 0 Å². The molecular weight excluding hydrogens is 344 g/mol. The van der Waals surface area contributed by atoms with Gasteiger partial charge < -0.3 is 9.47 Å². The number of hydrogen-bond acceptors (Lipinski definition) is 5. The summed E-state index contributed by atoms with van der Waals surface area (Å²) in [6.45, 7) is 14.9. The lowest BCUT2D eigenvalue weighted by Gasteiger charge is -2.39. The Morgan fingerprint density at radius 2 is 1.74 bits per heavy atom. The molecule has 1 aliphatic rings. The summed E-state index contributed by atoms with van der Waals surface area (Å²) in [7, 11) is 0. The van der Waals surface area contributed by atoms with Crippen molar-refractivity contribution in [3.05, 3.63) is 11.3 Å². The number of hydrogen-bond donors (Lipinski definition) is 0. The summed E-state index contributed by atoms with van der Waals surface area (Å²) in [5.74, 6) is -0.804. The molecule has 0 bridgehead atoms. The topological polar surface area (TPSA) is 69.7 Å². The maximum absolute atomic E-state index is 12.7. The van der Waals surface area contributed by atoms with E-state index >= 15 is 0 Å². The van der Waals surface area contributed by atoms with Crippen LogP contribution in [0.1, 0.15) is 74.7 Å². The molecule has 0 fully saturated rings. The molecule has 0 radical (unpaired) electrons. The van der Waals surface area contributed by atoms with E-state index in [1.807, 2.05) is 41.5 Å². The van der Waals surface area contributed by atoms with E-state index in [2.05, 4.69) is 0 Å². The molecule has 0 spiro atoms. The molecule has 0 unspecified atom stereocenters. The minimum atomic E-state index is -0.615. The molecule has 0 aromatic heterocycles. The first-order chi connectivity index (χ1) is 12.6. The van der Waals surface area contributed by atoms with Gasteiger partial charge in [0.25, 0.3) is 0 Å². The summed E-state index contributed by atoms with van der Waals surface area (Å²) in [4.78, 5) is 37.5. The highest BCUT2D eigenvalue weighted by Gasteiger charge is 2.43. The minimum absolute atomic E-state index is 0.0426. The number of Topliss-reactive ketones (excluding diaryl/α,β-unsaturated/α-hetero) is 2. The molecular formula is C22H36O5. The Morgan fingerprint density at radius 3 is 2.22 bits per heavy atom. The van der Waals surface area contributed by atoms with Crippen LogP contribution >= 0.6 is 0 Å². The molecule has 0 N–H and O–H groups in total. The van der Waals surface area contributed by atoms with Crippen molar-refractivity contribution in [3.63, 3.8) is 0 Å². The molecule has 0 saturated carbocycles. The molecule has 5 nitrogen and oxygen atoms in total. The lowest BCUT2D eigenvalue weighted by Crippen LogP contribution is -2.47. The summed E-state index contributed by atoms with van der Waals surface area (Å²) in [6, 6.07) is 0. The van der Waals surface area contributed by atoms with Crippen LogP contribution in [0.4, 0.5) is 0 Å². The van der Waals surface area contributed by atoms with Crippen LogP contribution in [-0.2, 0) is 23.9 Å². The first-order valence-corrected chi connectivity index (χ1v) is 10.2. The van der Waals surface area contributed by atoms with Gasteiger partial charge in [0.2, 0.25) is 0 Å². The fourth-order valence-electron chi connectivity index (χ4n) is 3.67. The Morgan fingerprint density at radius 1 is 1.15 bits per heavy atom. The quantitative estimate of drug-likeness (QED) is 0.552. The van der Waals surface area contributed by atoms with Crippen LogP contribution in [0.25, 0.3) is 0 Å². The van der Waals surface area contributed by atoms with Gasteiger partial charge in [-0.15, -0.1) is 0 Å². The smallest absolute Gasteiger partial charge is 0.308 e. The maximum atomic E-state index is 12.7. The van der Waals surface area contributed by atoms with Crippen LogP contribution in [0.5, 0.6) is 0 Å². The third-order valence-electron chi connectivity index (χ3n) is 5.95. The summed E-state index contributed by atoms with van der Waals surface area (Å²) >= 11 is 0. The zero-order valence-corrected chi connectivity index (χ0v) is 18.1. The van der Waals surface area contributed by atoms with Crippen molar-refractivity contribution >= 4 is 17.5 Å². The number of esters is 1. The van der Waals surface area contributed by atoms with Gasteiger partial charge in [-0.3, -0.25) is 14.4 Å². The fourth-order valence-corrected chi connectivity index (χ4v) is 3.67. The van der Waals surface area contributed by atoms with Crippen molar-refractivity contribution in [1.29, 1.82) is 0 Å². The summed E-state index contributed by atoms with van der Waals surface area (Å²) < 4.78 is 12.0. The predicted molar refractivity (Wildman–Crippen MR) is 105 cm³/mol. The van der Waals surface area contributed by atoms with E-state index in [0.717, 1.165) is 0 Å². The van der Waals surface area contributed by atoms with Gasteiger partial charge in [-0.25, -0.2) is 0 Å². The average molecular weight is 381 g/mol. The minimum Gasteiger partial charge on any atom is -0.493 e. The number of ketones is 2. The van der Waals surface area contributed by atoms with Crippen LogP contribution in [-0.4, -0.2) is 29.7 Å². The summed E-state index contributed by atoms with van der Waals surface area (Å²) in [5.41, 5.74) is 0.666. The lowest BCUT2D eigenvalue weighted by atomic mass is 9.78. The fraction of sp³-hybridized carbons (Fsp3) is 0.773. The molecule has 27 heavy (non-hydrogen) atoms. The van der Waals surface area contributed by atoms with Crippen molar-refractivity contribution in [2.75, 3.05) is 0 Å². The number of allylic oxidation sites excluding steroid dienone is 2. The second-order valence-corrected chi connectivity index (χ2v) is 7.82. The maximum Gasteiger partial charge on any atom is 0.308 e. The van der Waals surface area contributed by atoms with E-state index < -0.39 is 18.1 Å². The van der Waals surface area contributed by atoms with Gasteiger partial charge >= 0.3 is 5.97 Å². The molecule has 0 saturated heterocycles. The number of rotatable bonds is 9. The first-order valence-electron chi connectivity index (χ1n) is 10.2. The summed E-state index contributed by atoms with van der Waals surface area (Å²) in [5, 5.41) is 0. The van der Waals surface area contributed by atoms with E-state index in [0.29, 0.717) is 30.6 Å². The van der Waals surface area contributed by atoms with E-state index in [1.165, 1.54) is 0 Å². The SMILES string of the molecule is CCC(=O)[C@@H](C)[C@H](OC(=O)[C@@H](C)CC)[C@@H](C)[C@@H]1OC(CC)=C(C)C(=O)[C@H]1C. The Kier molecular flexibility index (Phi) is 8.70. The molecule has 5 heteroatoms. The van der Waals surface area contributed by atoms with Crippen LogP contribution in [0, 0.1) is 23.7 Å². The van der Waals surface area contributed by atoms with Gasteiger partial charge in [0.05, 0.1) is 17.8 Å². The molecule has 0 aromatic rings. The Hall–Kier alpha value is -1.65. The molecule has 0 amide bonds. The van der Waals surface area contributed by atoms with Gasteiger partial charge in [0, 0.05) is 24.3 Å².